The molecule has 0 saturated heterocycles. The number of aromatic nitrogens is 2. The first-order chi connectivity index (χ1) is 14.5. The zero-order valence-corrected chi connectivity index (χ0v) is 17.4. The molecule has 154 valence electrons. The van der Waals surface area contributed by atoms with E-state index in [-0.39, 0.29) is 17.5 Å². The average molecular weight is 423 g/mol. The van der Waals surface area contributed by atoms with Crippen LogP contribution in [-0.4, -0.2) is 27.9 Å². The summed E-state index contributed by atoms with van der Waals surface area (Å²) in [5.74, 6) is -0.695. The number of rotatable bonds is 8. The van der Waals surface area contributed by atoms with Crippen molar-refractivity contribution < 1.29 is 9.59 Å². The van der Waals surface area contributed by atoms with Gasteiger partial charge in [-0.15, -0.1) is 0 Å². The first-order valence-electron chi connectivity index (χ1n) is 9.60. The second kappa shape index (κ2) is 10.4. The van der Waals surface area contributed by atoms with E-state index in [0.717, 1.165) is 24.1 Å². The molecule has 3 aromatic rings. The Morgan fingerprint density at radius 1 is 1.10 bits per heavy atom. The fourth-order valence-electron chi connectivity index (χ4n) is 2.76. The van der Waals surface area contributed by atoms with E-state index in [1.165, 1.54) is 0 Å². The third-order valence-electron chi connectivity index (χ3n) is 4.43. The van der Waals surface area contributed by atoms with Gasteiger partial charge in [0.2, 0.25) is 0 Å². The van der Waals surface area contributed by atoms with Gasteiger partial charge in [-0.1, -0.05) is 41.4 Å². The van der Waals surface area contributed by atoms with Gasteiger partial charge in [0.1, 0.15) is 5.70 Å². The van der Waals surface area contributed by atoms with Crippen LogP contribution in [-0.2, 0) is 11.3 Å². The molecule has 0 saturated carbocycles. The number of nitrogens with zero attached hydrogens (tertiary/aromatic N) is 2. The molecular weight excluding hydrogens is 400 g/mol. The summed E-state index contributed by atoms with van der Waals surface area (Å²) in [6, 6.07) is 14.2. The monoisotopic (exact) mass is 422 g/mol. The van der Waals surface area contributed by atoms with Gasteiger partial charge in [0.15, 0.2) is 0 Å². The summed E-state index contributed by atoms with van der Waals surface area (Å²) in [4.78, 5) is 29.4. The van der Waals surface area contributed by atoms with E-state index >= 15 is 0 Å². The van der Waals surface area contributed by atoms with Crippen LogP contribution < -0.4 is 10.6 Å². The highest BCUT2D eigenvalue weighted by molar-refractivity contribution is 6.30. The highest BCUT2D eigenvalue weighted by Crippen LogP contribution is 2.13. The smallest absolute Gasteiger partial charge is 0.267 e. The lowest BCUT2D eigenvalue weighted by molar-refractivity contribution is -0.117. The molecule has 6 nitrogen and oxygen atoms in total. The molecule has 0 fully saturated rings. The summed E-state index contributed by atoms with van der Waals surface area (Å²) in [6.45, 7) is 3.16. The van der Waals surface area contributed by atoms with Crippen LogP contribution in [0.1, 0.15) is 27.9 Å². The summed E-state index contributed by atoms with van der Waals surface area (Å²) in [5.41, 5.74) is 2.47. The molecule has 0 aliphatic carbocycles. The van der Waals surface area contributed by atoms with Crippen LogP contribution in [0, 0.1) is 6.92 Å². The highest BCUT2D eigenvalue weighted by atomic mass is 35.5. The SMILES string of the molecule is Cc1ccc(C(=O)N/C(=C/c2ccc(Cl)cc2)C(=O)NCCCn2ccnc2)cc1. The van der Waals surface area contributed by atoms with Gasteiger partial charge < -0.3 is 15.2 Å². The average Bonchev–Trinajstić information content (AvgIpc) is 3.26. The van der Waals surface area contributed by atoms with Gasteiger partial charge >= 0.3 is 0 Å². The minimum atomic E-state index is -0.351. The van der Waals surface area contributed by atoms with E-state index in [1.807, 2.05) is 29.8 Å². The number of amides is 2. The predicted molar refractivity (Wildman–Crippen MR) is 118 cm³/mol. The molecule has 2 amide bonds. The normalized spacial score (nSPS) is 11.2. The van der Waals surface area contributed by atoms with Crippen LogP contribution in [0.25, 0.3) is 6.08 Å². The number of imidazole rings is 1. The van der Waals surface area contributed by atoms with Gasteiger partial charge in [-0.05, 0) is 49.2 Å². The molecule has 0 atom stereocenters. The number of hydrogen-bond acceptors (Lipinski definition) is 3. The maximum Gasteiger partial charge on any atom is 0.267 e. The largest absolute Gasteiger partial charge is 0.351 e. The zero-order chi connectivity index (χ0) is 21.3. The minimum absolute atomic E-state index is 0.172. The molecule has 0 bridgehead atoms. The van der Waals surface area contributed by atoms with Crippen LogP contribution >= 0.6 is 11.6 Å². The maximum atomic E-state index is 12.8. The van der Waals surface area contributed by atoms with Crippen molar-refractivity contribution >= 4 is 29.5 Å². The lowest BCUT2D eigenvalue weighted by Gasteiger charge is -2.12. The minimum Gasteiger partial charge on any atom is -0.351 e. The van der Waals surface area contributed by atoms with Crippen LogP contribution in [0.5, 0.6) is 0 Å². The van der Waals surface area contributed by atoms with E-state index in [4.69, 9.17) is 11.6 Å². The second-order valence-corrected chi connectivity index (χ2v) is 7.28. The Bertz CT molecular complexity index is 1010. The molecule has 2 N–H and O–H groups in total. The van der Waals surface area contributed by atoms with E-state index < -0.39 is 0 Å². The van der Waals surface area contributed by atoms with Crippen LogP contribution in [0.2, 0.25) is 5.02 Å². The molecule has 30 heavy (non-hydrogen) atoms. The summed E-state index contributed by atoms with van der Waals surface area (Å²) >= 11 is 5.94. The van der Waals surface area contributed by atoms with Crippen molar-refractivity contribution in [3.05, 3.63) is 94.7 Å². The first-order valence-corrected chi connectivity index (χ1v) is 9.98. The molecule has 0 aliphatic heterocycles. The van der Waals surface area contributed by atoms with Crippen molar-refractivity contribution in [2.75, 3.05) is 6.54 Å². The lowest BCUT2D eigenvalue weighted by Crippen LogP contribution is -2.35. The molecular formula is C23H23ClN4O2. The standard InChI is InChI=1S/C23H23ClN4O2/c1-17-3-7-19(8-4-17)22(29)27-21(15-18-5-9-20(24)10-6-18)23(30)26-11-2-13-28-14-12-25-16-28/h3-10,12,14-16H,2,11,13H2,1H3,(H,26,30)(H,27,29)/b21-15+. The molecule has 0 aliphatic rings. The topological polar surface area (TPSA) is 76.0 Å². The zero-order valence-electron chi connectivity index (χ0n) is 16.6. The summed E-state index contributed by atoms with van der Waals surface area (Å²) in [5, 5.41) is 6.19. The van der Waals surface area contributed by atoms with E-state index in [1.54, 1.807) is 55.0 Å². The summed E-state index contributed by atoms with van der Waals surface area (Å²) in [6.07, 6.45) is 7.69. The van der Waals surface area contributed by atoms with E-state index in [2.05, 4.69) is 15.6 Å². The van der Waals surface area contributed by atoms with Crippen molar-refractivity contribution in [2.45, 2.75) is 19.9 Å². The molecule has 7 heteroatoms. The van der Waals surface area contributed by atoms with Crippen molar-refractivity contribution in [1.29, 1.82) is 0 Å². The summed E-state index contributed by atoms with van der Waals surface area (Å²) in [7, 11) is 0. The third-order valence-corrected chi connectivity index (χ3v) is 4.68. The number of carbonyl (C=O) groups is 2. The van der Waals surface area contributed by atoms with E-state index in [9.17, 15) is 9.59 Å². The van der Waals surface area contributed by atoms with Crippen LogP contribution in [0.4, 0.5) is 0 Å². The van der Waals surface area contributed by atoms with Crippen molar-refractivity contribution in [3.8, 4) is 0 Å². The fraction of sp³-hybridized carbons (Fsp3) is 0.174. The van der Waals surface area contributed by atoms with Gasteiger partial charge in [-0.3, -0.25) is 9.59 Å². The Labute approximate surface area is 180 Å². The van der Waals surface area contributed by atoms with Gasteiger partial charge in [-0.25, -0.2) is 4.98 Å². The Morgan fingerprint density at radius 2 is 1.83 bits per heavy atom. The number of hydrogen-bond donors (Lipinski definition) is 2. The molecule has 2 aromatic carbocycles. The van der Waals surface area contributed by atoms with Crippen LogP contribution in [0.15, 0.2) is 72.9 Å². The van der Waals surface area contributed by atoms with Crippen LogP contribution in [0.3, 0.4) is 0 Å². The van der Waals surface area contributed by atoms with Crippen molar-refractivity contribution in [1.82, 2.24) is 20.2 Å². The third kappa shape index (κ3) is 6.32. The molecule has 1 aromatic heterocycles. The Morgan fingerprint density at radius 3 is 2.50 bits per heavy atom. The Hall–Kier alpha value is -3.38. The number of halogens is 1. The molecule has 0 spiro atoms. The quantitative estimate of drug-likeness (QED) is 0.428. The van der Waals surface area contributed by atoms with Crippen molar-refractivity contribution in [3.63, 3.8) is 0 Å². The Balaban J connectivity index is 1.69. The lowest BCUT2D eigenvalue weighted by atomic mass is 10.1. The van der Waals surface area contributed by atoms with Gasteiger partial charge in [0.05, 0.1) is 6.33 Å². The molecule has 1 heterocycles. The van der Waals surface area contributed by atoms with Gasteiger partial charge in [0, 0.05) is 36.1 Å². The first kappa shape index (κ1) is 21.3. The van der Waals surface area contributed by atoms with Gasteiger partial charge in [-0.2, -0.15) is 0 Å². The number of nitrogens with one attached hydrogen (secondary N) is 2. The highest BCUT2D eigenvalue weighted by Gasteiger charge is 2.14. The van der Waals surface area contributed by atoms with E-state index in [0.29, 0.717) is 17.1 Å². The number of benzene rings is 2. The van der Waals surface area contributed by atoms with Gasteiger partial charge in [0.25, 0.3) is 11.8 Å². The molecule has 0 unspecified atom stereocenters. The fourth-order valence-corrected chi connectivity index (χ4v) is 2.89. The second-order valence-electron chi connectivity index (χ2n) is 6.84. The molecule has 3 rings (SSSR count). The maximum absolute atomic E-state index is 12.8. The predicted octanol–water partition coefficient (Wildman–Crippen LogP) is 3.82. The van der Waals surface area contributed by atoms with Crippen molar-refractivity contribution in [2.24, 2.45) is 0 Å². The number of carbonyl (C=O) groups excluding carboxylic acids is 2. The molecule has 0 radical (unpaired) electrons. The Kier molecular flexibility index (Phi) is 7.40. The summed E-state index contributed by atoms with van der Waals surface area (Å²) < 4.78 is 1.94. The number of aryl methyl sites for hydroxylation is 2.